The number of hydrogen-bond acceptors (Lipinski definition) is 2. The number of ether oxygens (including phenoxy) is 1. The Balaban J connectivity index is 2.69. The molecule has 3 heteroatoms. The van der Waals surface area contributed by atoms with E-state index in [0.717, 1.165) is 17.7 Å². The Morgan fingerprint density at radius 1 is 1.32 bits per heavy atom. The standard InChI is InChI=1S/C16H21NO2/c1-4-6-7-8-16(18)17-15(5-2)13-9-11-14(19-3)12-10-13/h4,6-12,15H,5H2,1-3H3,(H,17,18)/b6-4+,8-7+. The second-order valence-electron chi connectivity index (χ2n) is 4.13. The number of hydrogen-bond donors (Lipinski definition) is 1. The van der Waals surface area contributed by atoms with E-state index in [2.05, 4.69) is 5.32 Å². The lowest BCUT2D eigenvalue weighted by Crippen LogP contribution is -2.26. The summed E-state index contributed by atoms with van der Waals surface area (Å²) >= 11 is 0. The number of carbonyl (C=O) groups excluding carboxylic acids is 1. The Morgan fingerprint density at radius 3 is 2.53 bits per heavy atom. The average Bonchev–Trinajstić information content (AvgIpc) is 2.45. The predicted octanol–water partition coefficient (Wildman–Crippen LogP) is 3.39. The molecule has 0 saturated carbocycles. The third kappa shape index (κ3) is 5.00. The van der Waals surface area contributed by atoms with Gasteiger partial charge >= 0.3 is 0 Å². The Labute approximate surface area is 115 Å². The van der Waals surface area contributed by atoms with Crippen LogP contribution in [0.15, 0.2) is 48.6 Å². The Bertz CT molecular complexity index is 446. The molecule has 0 spiro atoms. The summed E-state index contributed by atoms with van der Waals surface area (Å²) in [5.41, 5.74) is 1.08. The van der Waals surface area contributed by atoms with Crippen LogP contribution in [0, 0.1) is 0 Å². The van der Waals surface area contributed by atoms with Crippen molar-refractivity contribution in [3.05, 3.63) is 54.1 Å². The van der Waals surface area contributed by atoms with Crippen LogP contribution in [0.2, 0.25) is 0 Å². The minimum absolute atomic E-state index is 0.0219. The molecule has 0 saturated heterocycles. The average molecular weight is 259 g/mol. The minimum atomic E-state index is -0.0826. The third-order valence-electron chi connectivity index (χ3n) is 2.79. The summed E-state index contributed by atoms with van der Waals surface area (Å²) in [7, 11) is 1.64. The molecule has 0 aromatic heterocycles. The van der Waals surface area contributed by atoms with E-state index in [-0.39, 0.29) is 11.9 Å². The lowest BCUT2D eigenvalue weighted by Gasteiger charge is -2.16. The van der Waals surface area contributed by atoms with Crippen LogP contribution in [0.25, 0.3) is 0 Å². The molecule has 1 N–H and O–H groups in total. The Morgan fingerprint density at radius 2 is 2.00 bits per heavy atom. The first-order chi connectivity index (χ1) is 9.21. The van der Waals surface area contributed by atoms with Crippen molar-refractivity contribution in [1.29, 1.82) is 0 Å². The van der Waals surface area contributed by atoms with E-state index >= 15 is 0 Å². The summed E-state index contributed by atoms with van der Waals surface area (Å²) in [6, 6.07) is 7.78. The predicted molar refractivity (Wildman–Crippen MR) is 78.1 cm³/mol. The van der Waals surface area contributed by atoms with Gasteiger partial charge in [0, 0.05) is 6.08 Å². The van der Waals surface area contributed by atoms with Gasteiger partial charge in [-0.25, -0.2) is 0 Å². The fraction of sp³-hybridized carbons (Fsp3) is 0.312. The van der Waals surface area contributed by atoms with E-state index in [1.54, 1.807) is 13.2 Å². The molecule has 0 bridgehead atoms. The van der Waals surface area contributed by atoms with E-state index in [4.69, 9.17) is 4.74 Å². The lowest BCUT2D eigenvalue weighted by atomic mass is 10.0. The SMILES string of the molecule is C/C=C/C=C/C(=O)NC(CC)c1ccc(OC)cc1. The van der Waals surface area contributed by atoms with Gasteiger partial charge in [0.2, 0.25) is 5.91 Å². The molecule has 0 aliphatic rings. The van der Waals surface area contributed by atoms with Crippen molar-refractivity contribution in [2.45, 2.75) is 26.3 Å². The van der Waals surface area contributed by atoms with Crippen LogP contribution < -0.4 is 10.1 Å². The zero-order valence-electron chi connectivity index (χ0n) is 11.7. The second kappa shape index (κ2) is 8.14. The molecule has 3 nitrogen and oxygen atoms in total. The first kappa shape index (κ1) is 15.0. The third-order valence-corrected chi connectivity index (χ3v) is 2.79. The molecule has 0 aliphatic heterocycles. The van der Waals surface area contributed by atoms with E-state index in [0.29, 0.717) is 0 Å². The van der Waals surface area contributed by atoms with Gasteiger partial charge in [0.15, 0.2) is 0 Å². The van der Waals surface area contributed by atoms with Crippen LogP contribution in [0.4, 0.5) is 0 Å². The summed E-state index contributed by atoms with van der Waals surface area (Å²) in [4.78, 5) is 11.7. The molecular formula is C16H21NO2. The number of carbonyl (C=O) groups is 1. The van der Waals surface area contributed by atoms with E-state index < -0.39 is 0 Å². The van der Waals surface area contributed by atoms with E-state index in [1.165, 1.54) is 6.08 Å². The number of allylic oxidation sites excluding steroid dienone is 3. The molecule has 1 aromatic carbocycles. The van der Waals surface area contributed by atoms with Crippen LogP contribution >= 0.6 is 0 Å². The highest BCUT2D eigenvalue weighted by Gasteiger charge is 2.10. The van der Waals surface area contributed by atoms with Crippen molar-refractivity contribution in [2.24, 2.45) is 0 Å². The smallest absolute Gasteiger partial charge is 0.244 e. The molecule has 102 valence electrons. The van der Waals surface area contributed by atoms with Crippen molar-refractivity contribution in [2.75, 3.05) is 7.11 Å². The molecule has 1 aromatic rings. The number of rotatable bonds is 6. The van der Waals surface area contributed by atoms with Gasteiger partial charge in [0.25, 0.3) is 0 Å². The van der Waals surface area contributed by atoms with Crippen molar-refractivity contribution < 1.29 is 9.53 Å². The molecule has 0 heterocycles. The molecule has 19 heavy (non-hydrogen) atoms. The van der Waals surface area contributed by atoms with Gasteiger partial charge in [-0.1, -0.05) is 37.3 Å². The van der Waals surface area contributed by atoms with Gasteiger partial charge in [0.05, 0.1) is 13.2 Å². The number of amides is 1. The summed E-state index contributed by atoms with van der Waals surface area (Å²) in [5, 5.41) is 2.98. The van der Waals surface area contributed by atoms with Gasteiger partial charge in [-0.05, 0) is 31.0 Å². The highest BCUT2D eigenvalue weighted by atomic mass is 16.5. The van der Waals surface area contributed by atoms with Crippen LogP contribution in [0.5, 0.6) is 5.75 Å². The Hall–Kier alpha value is -2.03. The summed E-state index contributed by atoms with van der Waals surface area (Å²) < 4.78 is 5.12. The maximum absolute atomic E-state index is 11.7. The molecule has 1 unspecified atom stereocenters. The molecule has 0 fully saturated rings. The van der Waals surface area contributed by atoms with Crippen molar-refractivity contribution >= 4 is 5.91 Å². The molecule has 1 atom stereocenters. The maximum atomic E-state index is 11.7. The van der Waals surface area contributed by atoms with Gasteiger partial charge in [0.1, 0.15) is 5.75 Å². The van der Waals surface area contributed by atoms with Crippen LogP contribution in [0.3, 0.4) is 0 Å². The highest BCUT2D eigenvalue weighted by Crippen LogP contribution is 2.19. The number of methoxy groups -OCH3 is 1. The largest absolute Gasteiger partial charge is 0.497 e. The summed E-state index contributed by atoms with van der Waals surface area (Å²) in [6.45, 7) is 3.96. The van der Waals surface area contributed by atoms with E-state index in [1.807, 2.05) is 50.3 Å². The van der Waals surface area contributed by atoms with Gasteiger partial charge in [-0.15, -0.1) is 0 Å². The normalized spacial score (nSPS) is 12.8. The van der Waals surface area contributed by atoms with Crippen molar-refractivity contribution in [3.63, 3.8) is 0 Å². The zero-order chi connectivity index (χ0) is 14.1. The zero-order valence-corrected chi connectivity index (χ0v) is 11.7. The van der Waals surface area contributed by atoms with Gasteiger partial charge < -0.3 is 10.1 Å². The first-order valence-corrected chi connectivity index (χ1v) is 6.45. The minimum Gasteiger partial charge on any atom is -0.497 e. The van der Waals surface area contributed by atoms with Gasteiger partial charge in [-0.2, -0.15) is 0 Å². The molecular weight excluding hydrogens is 238 g/mol. The fourth-order valence-electron chi connectivity index (χ4n) is 1.73. The van der Waals surface area contributed by atoms with Crippen LogP contribution in [-0.2, 0) is 4.79 Å². The highest BCUT2D eigenvalue weighted by molar-refractivity contribution is 5.88. The van der Waals surface area contributed by atoms with Gasteiger partial charge in [-0.3, -0.25) is 4.79 Å². The number of benzene rings is 1. The molecule has 1 rings (SSSR count). The molecule has 0 aliphatic carbocycles. The topological polar surface area (TPSA) is 38.3 Å². The van der Waals surface area contributed by atoms with Crippen LogP contribution in [-0.4, -0.2) is 13.0 Å². The number of nitrogens with one attached hydrogen (secondary N) is 1. The lowest BCUT2D eigenvalue weighted by molar-refractivity contribution is -0.117. The first-order valence-electron chi connectivity index (χ1n) is 6.45. The Kier molecular flexibility index (Phi) is 6.44. The fourth-order valence-corrected chi connectivity index (χ4v) is 1.73. The quantitative estimate of drug-likeness (QED) is 0.628. The second-order valence-corrected chi connectivity index (χ2v) is 4.13. The molecule has 0 radical (unpaired) electrons. The maximum Gasteiger partial charge on any atom is 0.244 e. The van der Waals surface area contributed by atoms with Crippen molar-refractivity contribution in [3.8, 4) is 5.75 Å². The monoisotopic (exact) mass is 259 g/mol. The van der Waals surface area contributed by atoms with Crippen molar-refractivity contribution in [1.82, 2.24) is 5.32 Å². The van der Waals surface area contributed by atoms with E-state index in [9.17, 15) is 4.79 Å². The van der Waals surface area contributed by atoms with Crippen LogP contribution in [0.1, 0.15) is 31.9 Å². The summed E-state index contributed by atoms with van der Waals surface area (Å²) in [6.07, 6.45) is 7.82. The summed E-state index contributed by atoms with van der Waals surface area (Å²) in [5.74, 6) is 0.735. The molecule has 1 amide bonds.